The fraction of sp³-hybridized carbons (Fsp3) is 0.348. The number of nitrogens with two attached hydrogens (primary N) is 1. The average Bonchev–Trinajstić information content (AvgIpc) is 2.77. The molecule has 2 aliphatic heterocycles. The van der Waals surface area contributed by atoms with Gasteiger partial charge in [0.05, 0.1) is 29.5 Å². The Kier molecular flexibility index (Phi) is 5.57. The molecule has 3 N–H and O–H groups in total. The van der Waals surface area contributed by atoms with Crippen molar-refractivity contribution in [3.05, 3.63) is 59.2 Å². The molecule has 1 amide bonds. The number of nitriles is 1. The van der Waals surface area contributed by atoms with Crippen molar-refractivity contribution in [1.29, 1.82) is 5.26 Å². The lowest BCUT2D eigenvalue weighted by atomic mass is 9.98. The van der Waals surface area contributed by atoms with E-state index in [0.717, 1.165) is 24.1 Å². The molecule has 1 unspecified atom stereocenters. The maximum atomic E-state index is 12.9. The van der Waals surface area contributed by atoms with Gasteiger partial charge in [0.1, 0.15) is 17.8 Å². The third-order valence-electron chi connectivity index (χ3n) is 5.50. The molecule has 7 heteroatoms. The van der Waals surface area contributed by atoms with Gasteiger partial charge in [0.2, 0.25) is 0 Å². The quantitative estimate of drug-likeness (QED) is 0.817. The fourth-order valence-electron chi connectivity index (χ4n) is 4.06. The number of benzene rings is 2. The van der Waals surface area contributed by atoms with E-state index in [9.17, 15) is 4.79 Å². The number of nitrogens with one attached hydrogen (secondary N) is 1. The highest BCUT2D eigenvalue weighted by Crippen LogP contribution is 2.30. The number of fused-ring (bicyclic) bond motifs is 1. The smallest absolute Gasteiger partial charge is 0.253 e. The van der Waals surface area contributed by atoms with Gasteiger partial charge in [-0.1, -0.05) is 12.1 Å². The first kappa shape index (κ1) is 19.8. The molecule has 1 saturated heterocycles. The van der Waals surface area contributed by atoms with Crippen LogP contribution in [0.2, 0.25) is 0 Å². The summed E-state index contributed by atoms with van der Waals surface area (Å²) < 4.78 is 6.14. The number of hydrogen-bond donors (Lipinski definition) is 2. The Bertz CT molecular complexity index is 1030. The zero-order valence-electron chi connectivity index (χ0n) is 17.0. The van der Waals surface area contributed by atoms with Crippen LogP contribution in [0.4, 0.5) is 5.69 Å². The lowest BCUT2D eigenvalue weighted by Crippen LogP contribution is -2.41. The number of aliphatic imine (C=N–C) groups is 1. The number of amides is 1. The number of ether oxygens (including phenoxy) is 1. The molecule has 2 aromatic rings. The van der Waals surface area contributed by atoms with Crippen molar-refractivity contribution in [3.63, 3.8) is 0 Å². The highest BCUT2D eigenvalue weighted by molar-refractivity contribution is 6.06. The van der Waals surface area contributed by atoms with Crippen molar-refractivity contribution in [2.45, 2.75) is 25.9 Å². The van der Waals surface area contributed by atoms with E-state index >= 15 is 0 Å². The van der Waals surface area contributed by atoms with E-state index in [1.165, 1.54) is 0 Å². The van der Waals surface area contributed by atoms with Gasteiger partial charge in [-0.15, -0.1) is 0 Å². The number of carbonyl (C=O) groups is 1. The Morgan fingerprint density at radius 3 is 3.03 bits per heavy atom. The fourth-order valence-corrected chi connectivity index (χ4v) is 4.06. The van der Waals surface area contributed by atoms with E-state index in [2.05, 4.69) is 16.4 Å². The van der Waals surface area contributed by atoms with Crippen LogP contribution in [0.1, 0.15) is 41.3 Å². The second kappa shape index (κ2) is 8.46. The Morgan fingerprint density at radius 2 is 2.20 bits per heavy atom. The molecule has 154 valence electrons. The Hall–Kier alpha value is -3.53. The van der Waals surface area contributed by atoms with Gasteiger partial charge in [-0.05, 0) is 50.1 Å². The Labute approximate surface area is 176 Å². The second-order valence-corrected chi connectivity index (χ2v) is 7.78. The number of anilines is 1. The number of rotatable bonds is 4. The number of piperidine rings is 1. The van der Waals surface area contributed by atoms with Gasteiger partial charge in [0, 0.05) is 24.6 Å². The van der Waals surface area contributed by atoms with Crippen LogP contribution in [0.25, 0.3) is 0 Å². The number of amidine groups is 1. The number of likely N-dealkylation sites (tertiary alicyclic amines) is 1. The van der Waals surface area contributed by atoms with E-state index in [1.807, 2.05) is 30.0 Å². The van der Waals surface area contributed by atoms with Gasteiger partial charge >= 0.3 is 0 Å². The summed E-state index contributed by atoms with van der Waals surface area (Å²) in [5.41, 5.74) is 8.92. The first-order valence-corrected chi connectivity index (χ1v) is 10.2. The molecule has 1 fully saturated rings. The topological polar surface area (TPSA) is 104 Å². The van der Waals surface area contributed by atoms with Crippen LogP contribution in [-0.4, -0.2) is 42.5 Å². The lowest BCUT2D eigenvalue weighted by Gasteiger charge is -2.33. The van der Waals surface area contributed by atoms with Crippen molar-refractivity contribution < 1.29 is 9.53 Å². The largest absolute Gasteiger partial charge is 0.492 e. The minimum atomic E-state index is -0.0646. The van der Waals surface area contributed by atoms with Crippen molar-refractivity contribution in [3.8, 4) is 11.8 Å². The molecule has 0 bridgehead atoms. The number of carbonyl (C=O) groups excluding carboxylic acids is 1. The van der Waals surface area contributed by atoms with E-state index in [4.69, 9.17) is 15.7 Å². The van der Waals surface area contributed by atoms with Crippen molar-refractivity contribution in [2.24, 2.45) is 16.6 Å². The van der Waals surface area contributed by atoms with Gasteiger partial charge in [-0.25, -0.2) is 4.99 Å². The van der Waals surface area contributed by atoms with Crippen LogP contribution in [0, 0.1) is 17.2 Å². The molecule has 7 nitrogen and oxygen atoms in total. The second-order valence-electron chi connectivity index (χ2n) is 7.78. The molecule has 0 saturated carbocycles. The predicted octanol–water partition coefficient (Wildman–Crippen LogP) is 2.97. The normalized spacial score (nSPS) is 20.4. The van der Waals surface area contributed by atoms with E-state index in [-0.39, 0.29) is 18.0 Å². The maximum absolute atomic E-state index is 12.9. The summed E-state index contributed by atoms with van der Waals surface area (Å²) in [6.45, 7) is 3.79. The minimum Gasteiger partial charge on any atom is -0.492 e. The zero-order valence-corrected chi connectivity index (χ0v) is 17.0. The number of hydrogen-bond acceptors (Lipinski definition) is 6. The van der Waals surface area contributed by atoms with Gasteiger partial charge in [-0.3, -0.25) is 4.79 Å². The standard InChI is InChI=1S/C23H25N5O2/c1-15-26-19-8-3-9-20(21(19)22(25)27-15)30-14-17-6-4-10-28(13-17)23(29)18-7-2-5-16(11-18)12-24/h2-3,5,7-9,11,15,17,26H,4,6,10,13-14H2,1H3,(H2,25,27)/t15?,17-/m0/s1. The molecule has 0 aromatic heterocycles. The molecule has 0 aliphatic carbocycles. The SMILES string of the molecule is CC1N=C(N)c2c(cccc2OC[C@H]2CCCN(C(=O)c3cccc(C#N)c3)C2)N1. The van der Waals surface area contributed by atoms with Gasteiger partial charge in [-0.2, -0.15) is 5.26 Å². The summed E-state index contributed by atoms with van der Waals surface area (Å²) in [7, 11) is 0. The highest BCUT2D eigenvalue weighted by atomic mass is 16.5. The monoisotopic (exact) mass is 403 g/mol. The van der Waals surface area contributed by atoms with Crippen molar-refractivity contribution in [2.75, 3.05) is 25.0 Å². The van der Waals surface area contributed by atoms with E-state index < -0.39 is 0 Å². The van der Waals surface area contributed by atoms with Crippen LogP contribution in [0.15, 0.2) is 47.5 Å². The van der Waals surface area contributed by atoms with E-state index in [1.54, 1.807) is 24.3 Å². The highest BCUT2D eigenvalue weighted by Gasteiger charge is 2.26. The maximum Gasteiger partial charge on any atom is 0.253 e. The van der Waals surface area contributed by atoms with Gasteiger partial charge in [0.25, 0.3) is 5.91 Å². The molecule has 4 rings (SSSR count). The molecule has 2 atom stereocenters. The van der Waals surface area contributed by atoms with Crippen LogP contribution in [0.5, 0.6) is 5.75 Å². The first-order valence-electron chi connectivity index (χ1n) is 10.2. The molecular weight excluding hydrogens is 378 g/mol. The summed E-state index contributed by atoms with van der Waals surface area (Å²) in [4.78, 5) is 19.1. The zero-order chi connectivity index (χ0) is 21.1. The van der Waals surface area contributed by atoms with Crippen LogP contribution < -0.4 is 15.8 Å². The van der Waals surface area contributed by atoms with Crippen molar-refractivity contribution in [1.82, 2.24) is 4.90 Å². The molecular formula is C23H25N5O2. The third-order valence-corrected chi connectivity index (χ3v) is 5.50. The average molecular weight is 403 g/mol. The van der Waals surface area contributed by atoms with Crippen LogP contribution >= 0.6 is 0 Å². The van der Waals surface area contributed by atoms with Crippen molar-refractivity contribution >= 4 is 17.4 Å². The van der Waals surface area contributed by atoms with E-state index in [0.29, 0.717) is 42.4 Å². The first-order chi connectivity index (χ1) is 14.5. The molecule has 0 radical (unpaired) electrons. The number of nitrogens with zero attached hydrogens (tertiary/aromatic N) is 3. The predicted molar refractivity (Wildman–Crippen MR) is 116 cm³/mol. The summed E-state index contributed by atoms with van der Waals surface area (Å²) in [6, 6.07) is 14.7. The third kappa shape index (κ3) is 4.08. The molecule has 2 aromatic carbocycles. The van der Waals surface area contributed by atoms with Crippen LogP contribution in [0.3, 0.4) is 0 Å². The summed E-state index contributed by atoms with van der Waals surface area (Å²) in [5.74, 6) is 1.37. The molecule has 2 aliphatic rings. The molecule has 0 spiro atoms. The van der Waals surface area contributed by atoms with Gasteiger partial charge in [0.15, 0.2) is 0 Å². The summed E-state index contributed by atoms with van der Waals surface area (Å²) in [6.07, 6.45) is 1.86. The van der Waals surface area contributed by atoms with Gasteiger partial charge < -0.3 is 20.7 Å². The lowest BCUT2D eigenvalue weighted by molar-refractivity contribution is 0.0633. The Morgan fingerprint density at radius 1 is 1.37 bits per heavy atom. The molecule has 2 heterocycles. The summed E-state index contributed by atoms with van der Waals surface area (Å²) in [5, 5.41) is 12.4. The Balaban J connectivity index is 1.42. The molecule has 30 heavy (non-hydrogen) atoms. The van der Waals surface area contributed by atoms with Crippen LogP contribution in [-0.2, 0) is 0 Å². The minimum absolute atomic E-state index is 0.0385. The summed E-state index contributed by atoms with van der Waals surface area (Å²) >= 11 is 0.